The van der Waals surface area contributed by atoms with Crippen molar-refractivity contribution in [3.8, 4) is 5.75 Å². The van der Waals surface area contributed by atoms with Crippen LogP contribution in [-0.4, -0.2) is 47.4 Å². The van der Waals surface area contributed by atoms with E-state index in [9.17, 15) is 19.8 Å². The normalized spacial score (nSPS) is 25.8. The van der Waals surface area contributed by atoms with E-state index in [1.807, 2.05) is 0 Å². The molecule has 6 heteroatoms. The predicted octanol–water partition coefficient (Wildman–Crippen LogP) is 1.87. The van der Waals surface area contributed by atoms with Crippen LogP contribution in [0.1, 0.15) is 48.9 Å². The smallest absolute Gasteiger partial charge is 0.338 e. The summed E-state index contributed by atoms with van der Waals surface area (Å²) in [5.74, 6) is -0.0889. The summed E-state index contributed by atoms with van der Waals surface area (Å²) in [6.07, 6.45) is 0.0401. The summed E-state index contributed by atoms with van der Waals surface area (Å²) >= 11 is 0. The summed E-state index contributed by atoms with van der Waals surface area (Å²) in [7, 11) is 1.55. The zero-order valence-corrected chi connectivity index (χ0v) is 13.8. The van der Waals surface area contributed by atoms with Crippen molar-refractivity contribution in [3.05, 3.63) is 29.8 Å². The molecule has 132 valence electrons. The quantitative estimate of drug-likeness (QED) is 0.819. The molecule has 0 aromatic heterocycles. The minimum Gasteiger partial charge on any atom is -0.497 e. The molecular weight excluding hydrogens is 312 g/mol. The molecule has 3 unspecified atom stereocenters. The number of carbonyl (C=O) groups excluding carboxylic acids is 2. The molecule has 1 fully saturated rings. The molecule has 1 aliphatic carbocycles. The fourth-order valence-corrected chi connectivity index (χ4v) is 2.76. The molecule has 6 nitrogen and oxygen atoms in total. The maximum absolute atomic E-state index is 12.2. The monoisotopic (exact) mass is 336 g/mol. The van der Waals surface area contributed by atoms with Crippen LogP contribution in [0.15, 0.2) is 24.3 Å². The first-order valence-corrected chi connectivity index (χ1v) is 8.25. The van der Waals surface area contributed by atoms with Crippen LogP contribution in [0, 0.1) is 0 Å². The molecule has 2 N–H and O–H groups in total. The fraction of sp³-hybridized carbons (Fsp3) is 0.556. The molecule has 0 saturated heterocycles. The number of aliphatic hydroxyl groups excluding tert-OH is 2. The van der Waals surface area contributed by atoms with Crippen LogP contribution in [-0.2, 0) is 9.53 Å². The highest BCUT2D eigenvalue weighted by atomic mass is 16.5. The summed E-state index contributed by atoms with van der Waals surface area (Å²) in [6, 6.07) is 6.66. The number of methoxy groups -OCH3 is 1. The number of hydrogen-bond acceptors (Lipinski definition) is 6. The van der Waals surface area contributed by atoms with Gasteiger partial charge in [-0.3, -0.25) is 4.79 Å². The van der Waals surface area contributed by atoms with Crippen molar-refractivity contribution in [2.24, 2.45) is 0 Å². The second kappa shape index (κ2) is 8.80. The van der Waals surface area contributed by atoms with Crippen LogP contribution >= 0.6 is 0 Å². The summed E-state index contributed by atoms with van der Waals surface area (Å²) in [6.45, 7) is 0. The third-order valence-electron chi connectivity index (χ3n) is 4.28. The first-order valence-electron chi connectivity index (χ1n) is 8.25. The Balaban J connectivity index is 1.96. The van der Waals surface area contributed by atoms with Crippen molar-refractivity contribution < 1.29 is 29.3 Å². The minimum absolute atomic E-state index is 0.216. The Bertz CT molecular complexity index is 553. The first-order chi connectivity index (χ1) is 11.5. The van der Waals surface area contributed by atoms with Crippen LogP contribution in [0.25, 0.3) is 0 Å². The molecule has 24 heavy (non-hydrogen) atoms. The summed E-state index contributed by atoms with van der Waals surface area (Å²) in [4.78, 5) is 23.9. The molecular formula is C18H24O6. The number of ether oxygens (including phenoxy) is 2. The highest BCUT2D eigenvalue weighted by molar-refractivity contribution is 5.89. The third-order valence-corrected chi connectivity index (χ3v) is 4.28. The molecule has 3 atom stereocenters. The Labute approximate surface area is 141 Å². The predicted molar refractivity (Wildman–Crippen MR) is 86.9 cm³/mol. The second-order valence-corrected chi connectivity index (χ2v) is 6.06. The van der Waals surface area contributed by atoms with Crippen molar-refractivity contribution in [2.75, 3.05) is 7.11 Å². The highest BCUT2D eigenvalue weighted by Crippen LogP contribution is 2.20. The Morgan fingerprint density at radius 3 is 2.46 bits per heavy atom. The van der Waals surface area contributed by atoms with Gasteiger partial charge in [0.2, 0.25) is 0 Å². The second-order valence-electron chi connectivity index (χ2n) is 6.06. The molecule has 1 aromatic rings. The summed E-state index contributed by atoms with van der Waals surface area (Å²) in [5, 5.41) is 19.6. The molecule has 0 heterocycles. The molecule has 0 bridgehead atoms. The number of aliphatic hydroxyl groups is 2. The summed E-state index contributed by atoms with van der Waals surface area (Å²) < 4.78 is 10.6. The zero-order chi connectivity index (χ0) is 17.5. The zero-order valence-electron chi connectivity index (χ0n) is 13.8. The van der Waals surface area contributed by atoms with E-state index in [-0.39, 0.29) is 24.7 Å². The van der Waals surface area contributed by atoms with Gasteiger partial charge in [0, 0.05) is 6.42 Å². The van der Waals surface area contributed by atoms with Crippen LogP contribution in [0.4, 0.5) is 0 Å². The van der Waals surface area contributed by atoms with Crippen molar-refractivity contribution >= 4 is 11.8 Å². The van der Waals surface area contributed by atoms with Gasteiger partial charge < -0.3 is 19.7 Å². The Hall–Kier alpha value is -1.92. The number of ketones is 1. The largest absolute Gasteiger partial charge is 0.497 e. The summed E-state index contributed by atoms with van der Waals surface area (Å²) in [5.41, 5.74) is 0.434. The Morgan fingerprint density at radius 1 is 1.08 bits per heavy atom. The number of carbonyl (C=O) groups is 2. The lowest BCUT2D eigenvalue weighted by atomic mass is 9.95. The molecule has 2 rings (SSSR count). The maximum Gasteiger partial charge on any atom is 0.338 e. The SMILES string of the molecule is COc1ccc(C(=O)OC2CCCCC(=O)C(O)C(O)CC2)cc1. The first kappa shape index (κ1) is 18.4. The molecule has 0 amide bonds. The van der Waals surface area contributed by atoms with Crippen molar-refractivity contribution in [1.82, 2.24) is 0 Å². The van der Waals surface area contributed by atoms with Crippen LogP contribution < -0.4 is 4.74 Å². The highest BCUT2D eigenvalue weighted by Gasteiger charge is 2.27. The number of esters is 1. The molecule has 1 aliphatic rings. The van der Waals surface area contributed by atoms with Crippen LogP contribution in [0.5, 0.6) is 5.75 Å². The van der Waals surface area contributed by atoms with E-state index in [4.69, 9.17) is 9.47 Å². The Morgan fingerprint density at radius 2 is 1.79 bits per heavy atom. The van der Waals surface area contributed by atoms with Crippen molar-refractivity contribution in [2.45, 2.75) is 56.8 Å². The molecule has 1 aromatic carbocycles. The van der Waals surface area contributed by atoms with Crippen molar-refractivity contribution in [1.29, 1.82) is 0 Å². The van der Waals surface area contributed by atoms with Gasteiger partial charge in [-0.15, -0.1) is 0 Å². The average Bonchev–Trinajstić information content (AvgIpc) is 2.61. The molecule has 0 aliphatic heterocycles. The third kappa shape index (κ3) is 5.04. The van der Waals surface area contributed by atoms with Crippen molar-refractivity contribution in [3.63, 3.8) is 0 Å². The van der Waals surface area contributed by atoms with E-state index in [2.05, 4.69) is 0 Å². The van der Waals surface area contributed by atoms with Gasteiger partial charge in [-0.05, 0) is 56.4 Å². The van der Waals surface area contributed by atoms with Gasteiger partial charge in [0.1, 0.15) is 18.0 Å². The van der Waals surface area contributed by atoms with Gasteiger partial charge in [-0.1, -0.05) is 0 Å². The van der Waals surface area contributed by atoms with Gasteiger partial charge in [0.25, 0.3) is 0 Å². The average molecular weight is 336 g/mol. The van der Waals surface area contributed by atoms with E-state index in [0.717, 1.165) is 6.42 Å². The van der Waals surface area contributed by atoms with E-state index in [0.29, 0.717) is 30.6 Å². The van der Waals surface area contributed by atoms with E-state index in [1.54, 1.807) is 31.4 Å². The van der Waals surface area contributed by atoms with Gasteiger partial charge in [-0.2, -0.15) is 0 Å². The topological polar surface area (TPSA) is 93.1 Å². The number of rotatable bonds is 3. The number of hydrogen-bond donors (Lipinski definition) is 2. The van der Waals surface area contributed by atoms with E-state index >= 15 is 0 Å². The van der Waals surface area contributed by atoms with Gasteiger partial charge in [-0.25, -0.2) is 4.79 Å². The lowest BCUT2D eigenvalue weighted by molar-refractivity contribution is -0.133. The fourth-order valence-electron chi connectivity index (χ4n) is 2.76. The standard InChI is InChI=1S/C18H24O6/c1-23-13-8-6-12(7-9-13)18(22)24-14-4-2-3-5-15(19)17(21)16(20)11-10-14/h6-9,14,16-17,20-21H,2-5,10-11H2,1H3. The lowest BCUT2D eigenvalue weighted by Crippen LogP contribution is -2.35. The molecule has 0 radical (unpaired) electrons. The van der Waals surface area contributed by atoms with Gasteiger partial charge in [0.05, 0.1) is 18.8 Å². The minimum atomic E-state index is -1.35. The maximum atomic E-state index is 12.2. The van der Waals surface area contributed by atoms with E-state index < -0.39 is 18.2 Å². The molecule has 0 spiro atoms. The van der Waals surface area contributed by atoms with E-state index in [1.165, 1.54) is 0 Å². The number of benzene rings is 1. The van der Waals surface area contributed by atoms with Gasteiger partial charge in [0.15, 0.2) is 5.78 Å². The van der Waals surface area contributed by atoms with Crippen LogP contribution in [0.2, 0.25) is 0 Å². The lowest BCUT2D eigenvalue weighted by Gasteiger charge is -2.23. The Kier molecular flexibility index (Phi) is 6.75. The molecule has 1 saturated carbocycles. The van der Waals surface area contributed by atoms with Gasteiger partial charge >= 0.3 is 5.97 Å². The van der Waals surface area contributed by atoms with Crippen LogP contribution in [0.3, 0.4) is 0 Å². The number of Topliss-reactive ketones (excluding diaryl/α,β-unsaturated/α-hetero) is 1.